The van der Waals surface area contributed by atoms with Gasteiger partial charge in [-0.2, -0.15) is 0 Å². The molecule has 2 heterocycles. The van der Waals surface area contributed by atoms with E-state index < -0.39 is 5.60 Å². The van der Waals surface area contributed by atoms with E-state index in [9.17, 15) is 4.79 Å². The number of hydrogen-bond acceptors (Lipinski definition) is 5. The Balaban J connectivity index is 1.79. The second-order valence-corrected chi connectivity index (χ2v) is 6.51. The maximum atomic E-state index is 12.0. The molecule has 0 radical (unpaired) electrons. The van der Waals surface area contributed by atoms with Crippen LogP contribution in [0.2, 0.25) is 0 Å². The fourth-order valence-electron chi connectivity index (χ4n) is 2.29. The van der Waals surface area contributed by atoms with Crippen molar-refractivity contribution in [3.05, 3.63) is 18.1 Å². The van der Waals surface area contributed by atoms with Crippen molar-refractivity contribution in [1.29, 1.82) is 0 Å². The number of carbonyl (C=O) groups excluding carboxylic acids is 1. The van der Waals surface area contributed by atoms with Gasteiger partial charge in [-0.05, 0) is 40.0 Å². The monoisotopic (exact) mass is 292 g/mol. The fourth-order valence-corrected chi connectivity index (χ4v) is 2.29. The number of hydrogen-bond donors (Lipinski definition) is 1. The Morgan fingerprint density at radius 2 is 2.24 bits per heavy atom. The molecule has 0 unspecified atom stereocenters. The molecule has 1 aliphatic rings. The number of amides is 1. The molecule has 1 aromatic rings. The lowest BCUT2D eigenvalue weighted by Crippen LogP contribution is -2.35. The highest BCUT2D eigenvalue weighted by Gasteiger charge is 2.29. The first-order valence-corrected chi connectivity index (χ1v) is 7.34. The number of anilines is 1. The summed E-state index contributed by atoms with van der Waals surface area (Å²) in [5, 5.41) is 3.31. The van der Waals surface area contributed by atoms with Crippen molar-refractivity contribution in [3.63, 3.8) is 0 Å². The van der Waals surface area contributed by atoms with Crippen LogP contribution in [-0.4, -0.2) is 46.2 Å². The topological polar surface area (TPSA) is 67.4 Å². The Kier molecular flexibility index (Phi) is 4.65. The third-order valence-corrected chi connectivity index (χ3v) is 3.31. The second kappa shape index (κ2) is 6.28. The average Bonchev–Trinajstić information content (AvgIpc) is 2.83. The van der Waals surface area contributed by atoms with Crippen LogP contribution in [0.5, 0.6) is 0 Å². The van der Waals surface area contributed by atoms with Crippen LogP contribution in [0.15, 0.2) is 12.4 Å². The first kappa shape index (κ1) is 15.5. The predicted octanol–water partition coefficient (Wildman–Crippen LogP) is 2.45. The lowest BCUT2D eigenvalue weighted by molar-refractivity contribution is 0.0289. The van der Waals surface area contributed by atoms with Gasteiger partial charge >= 0.3 is 6.09 Å². The highest BCUT2D eigenvalue weighted by molar-refractivity contribution is 5.68. The van der Waals surface area contributed by atoms with E-state index in [0.29, 0.717) is 5.92 Å². The summed E-state index contributed by atoms with van der Waals surface area (Å²) < 4.78 is 5.39. The minimum absolute atomic E-state index is 0.220. The SMILES string of the molecule is Cc1cc(NC[C@H]2CCN(C(=O)OC(C)(C)C)C2)ncn1. The number of nitrogens with one attached hydrogen (secondary N) is 1. The maximum absolute atomic E-state index is 12.0. The zero-order chi connectivity index (χ0) is 15.5. The number of rotatable bonds is 3. The van der Waals surface area contributed by atoms with Crippen molar-refractivity contribution in [2.45, 2.75) is 39.7 Å². The molecule has 0 aromatic carbocycles. The van der Waals surface area contributed by atoms with Crippen molar-refractivity contribution in [3.8, 4) is 0 Å². The summed E-state index contributed by atoms with van der Waals surface area (Å²) in [5.74, 6) is 1.26. The van der Waals surface area contributed by atoms with Gasteiger partial charge in [0.2, 0.25) is 0 Å². The molecule has 1 aliphatic heterocycles. The molecule has 0 aliphatic carbocycles. The van der Waals surface area contributed by atoms with E-state index in [1.165, 1.54) is 0 Å². The molecule has 0 bridgehead atoms. The average molecular weight is 292 g/mol. The molecule has 21 heavy (non-hydrogen) atoms. The van der Waals surface area contributed by atoms with Crippen molar-refractivity contribution in [1.82, 2.24) is 14.9 Å². The molecule has 2 rings (SSSR count). The quantitative estimate of drug-likeness (QED) is 0.927. The van der Waals surface area contributed by atoms with Gasteiger partial charge in [0.15, 0.2) is 0 Å². The van der Waals surface area contributed by atoms with Gasteiger partial charge in [0, 0.05) is 31.4 Å². The van der Waals surface area contributed by atoms with E-state index in [0.717, 1.165) is 37.6 Å². The van der Waals surface area contributed by atoms with Gasteiger partial charge < -0.3 is 15.0 Å². The van der Waals surface area contributed by atoms with Gasteiger partial charge in [-0.3, -0.25) is 0 Å². The minimum Gasteiger partial charge on any atom is -0.444 e. The van der Waals surface area contributed by atoms with Crippen molar-refractivity contribution < 1.29 is 9.53 Å². The molecule has 1 aromatic heterocycles. The first-order valence-electron chi connectivity index (χ1n) is 7.34. The van der Waals surface area contributed by atoms with E-state index in [1.54, 1.807) is 11.2 Å². The van der Waals surface area contributed by atoms with Gasteiger partial charge in [-0.15, -0.1) is 0 Å². The molecular weight excluding hydrogens is 268 g/mol. The number of nitrogens with zero attached hydrogens (tertiary/aromatic N) is 3. The van der Waals surface area contributed by atoms with Crippen molar-refractivity contribution >= 4 is 11.9 Å². The number of carbonyl (C=O) groups is 1. The van der Waals surface area contributed by atoms with E-state index in [1.807, 2.05) is 33.8 Å². The molecule has 1 atom stereocenters. The Bertz CT molecular complexity index is 499. The van der Waals surface area contributed by atoms with Crippen molar-refractivity contribution in [2.75, 3.05) is 25.0 Å². The molecular formula is C15H24N4O2. The van der Waals surface area contributed by atoms with Crippen LogP contribution in [0.25, 0.3) is 0 Å². The van der Waals surface area contributed by atoms with Gasteiger partial charge in [0.1, 0.15) is 17.7 Å². The van der Waals surface area contributed by atoms with Gasteiger partial charge in [-0.25, -0.2) is 14.8 Å². The smallest absolute Gasteiger partial charge is 0.410 e. The number of aromatic nitrogens is 2. The highest BCUT2D eigenvalue weighted by atomic mass is 16.6. The molecule has 1 amide bonds. The number of likely N-dealkylation sites (tertiary alicyclic amines) is 1. The zero-order valence-electron chi connectivity index (χ0n) is 13.2. The largest absolute Gasteiger partial charge is 0.444 e. The van der Waals surface area contributed by atoms with Gasteiger partial charge in [0.25, 0.3) is 0 Å². The van der Waals surface area contributed by atoms with E-state index in [2.05, 4.69) is 15.3 Å². The fraction of sp³-hybridized carbons (Fsp3) is 0.667. The lowest BCUT2D eigenvalue weighted by Gasteiger charge is -2.24. The minimum atomic E-state index is -0.439. The Labute approximate surface area is 125 Å². The maximum Gasteiger partial charge on any atom is 0.410 e. The standard InChI is InChI=1S/C15H24N4O2/c1-11-7-13(18-10-17-11)16-8-12-5-6-19(9-12)14(20)21-15(2,3)4/h7,10,12H,5-6,8-9H2,1-4H3,(H,16,17,18)/t12-/m1/s1. The second-order valence-electron chi connectivity index (χ2n) is 6.51. The summed E-state index contributed by atoms with van der Waals surface area (Å²) in [6.07, 6.45) is 2.32. The Morgan fingerprint density at radius 1 is 1.48 bits per heavy atom. The summed E-state index contributed by atoms with van der Waals surface area (Å²) in [5.41, 5.74) is 0.501. The summed E-state index contributed by atoms with van der Waals surface area (Å²) in [6.45, 7) is 9.88. The molecule has 1 N–H and O–H groups in total. The molecule has 0 spiro atoms. The Morgan fingerprint density at radius 3 is 2.90 bits per heavy atom. The van der Waals surface area contributed by atoms with E-state index in [4.69, 9.17) is 4.74 Å². The molecule has 6 nitrogen and oxygen atoms in total. The summed E-state index contributed by atoms with van der Waals surface area (Å²) in [7, 11) is 0. The van der Waals surface area contributed by atoms with Crippen LogP contribution in [0.1, 0.15) is 32.9 Å². The van der Waals surface area contributed by atoms with Crippen LogP contribution in [0.4, 0.5) is 10.6 Å². The first-order chi connectivity index (χ1) is 9.83. The Hall–Kier alpha value is -1.85. The highest BCUT2D eigenvalue weighted by Crippen LogP contribution is 2.19. The summed E-state index contributed by atoms with van der Waals surface area (Å²) >= 11 is 0. The summed E-state index contributed by atoms with van der Waals surface area (Å²) in [6, 6.07) is 1.92. The van der Waals surface area contributed by atoms with Gasteiger partial charge in [0.05, 0.1) is 0 Å². The van der Waals surface area contributed by atoms with Crippen LogP contribution in [-0.2, 0) is 4.74 Å². The predicted molar refractivity (Wildman–Crippen MR) is 81.2 cm³/mol. The molecule has 1 fully saturated rings. The molecule has 116 valence electrons. The zero-order valence-corrected chi connectivity index (χ0v) is 13.2. The molecule has 0 saturated carbocycles. The van der Waals surface area contributed by atoms with Crippen LogP contribution in [0.3, 0.4) is 0 Å². The van der Waals surface area contributed by atoms with E-state index in [-0.39, 0.29) is 6.09 Å². The van der Waals surface area contributed by atoms with Crippen LogP contribution in [0, 0.1) is 12.8 Å². The lowest BCUT2D eigenvalue weighted by atomic mass is 10.1. The van der Waals surface area contributed by atoms with Crippen molar-refractivity contribution in [2.24, 2.45) is 5.92 Å². The normalized spacial score (nSPS) is 18.7. The van der Waals surface area contributed by atoms with Crippen LogP contribution < -0.4 is 5.32 Å². The molecule has 6 heteroatoms. The number of ether oxygens (including phenoxy) is 1. The van der Waals surface area contributed by atoms with E-state index >= 15 is 0 Å². The van der Waals surface area contributed by atoms with Gasteiger partial charge in [-0.1, -0.05) is 0 Å². The third kappa shape index (κ3) is 4.88. The number of aryl methyl sites for hydroxylation is 1. The molecule has 1 saturated heterocycles. The van der Waals surface area contributed by atoms with Crippen LogP contribution >= 0.6 is 0 Å². The summed E-state index contributed by atoms with van der Waals surface area (Å²) in [4.78, 5) is 22.0. The third-order valence-electron chi connectivity index (χ3n) is 3.31.